The van der Waals surface area contributed by atoms with E-state index in [4.69, 9.17) is 9.84 Å². The van der Waals surface area contributed by atoms with Crippen molar-refractivity contribution < 1.29 is 9.84 Å². The van der Waals surface area contributed by atoms with Crippen molar-refractivity contribution in [2.45, 2.75) is 11.8 Å². The van der Waals surface area contributed by atoms with E-state index in [2.05, 4.69) is 4.98 Å². The SMILES string of the molecule is OCCC1(c2ccccn2)COC1. The van der Waals surface area contributed by atoms with E-state index in [-0.39, 0.29) is 12.0 Å². The molecule has 2 heterocycles. The lowest BCUT2D eigenvalue weighted by atomic mass is 9.79. The van der Waals surface area contributed by atoms with Crippen LogP contribution in [0.5, 0.6) is 0 Å². The number of rotatable bonds is 3. The van der Waals surface area contributed by atoms with E-state index in [1.807, 2.05) is 18.2 Å². The Morgan fingerprint density at radius 1 is 1.46 bits per heavy atom. The molecular weight excluding hydrogens is 166 g/mol. The van der Waals surface area contributed by atoms with E-state index in [0.29, 0.717) is 13.2 Å². The fourth-order valence-electron chi connectivity index (χ4n) is 1.66. The van der Waals surface area contributed by atoms with Crippen LogP contribution in [0.4, 0.5) is 0 Å². The second-order valence-electron chi connectivity index (χ2n) is 3.46. The third-order valence-corrected chi connectivity index (χ3v) is 2.56. The summed E-state index contributed by atoms with van der Waals surface area (Å²) in [5.74, 6) is 0. The molecule has 3 nitrogen and oxygen atoms in total. The predicted molar refractivity (Wildman–Crippen MR) is 48.4 cm³/mol. The Bertz CT molecular complexity index is 270. The maximum atomic E-state index is 8.94. The lowest BCUT2D eigenvalue weighted by Gasteiger charge is -2.40. The maximum Gasteiger partial charge on any atom is 0.0614 e. The molecule has 70 valence electrons. The first-order chi connectivity index (χ1) is 6.37. The van der Waals surface area contributed by atoms with Crippen LogP contribution in [-0.4, -0.2) is 29.9 Å². The zero-order valence-corrected chi connectivity index (χ0v) is 7.44. The zero-order chi connectivity index (χ0) is 9.15. The lowest BCUT2D eigenvalue weighted by Crippen LogP contribution is -2.47. The summed E-state index contributed by atoms with van der Waals surface area (Å²) < 4.78 is 5.19. The molecule has 0 amide bonds. The van der Waals surface area contributed by atoms with E-state index in [0.717, 1.165) is 12.1 Å². The highest BCUT2D eigenvalue weighted by Crippen LogP contribution is 2.33. The van der Waals surface area contributed by atoms with Crippen molar-refractivity contribution in [1.82, 2.24) is 4.98 Å². The second kappa shape index (κ2) is 3.44. The van der Waals surface area contributed by atoms with E-state index in [1.54, 1.807) is 6.20 Å². The number of pyridine rings is 1. The summed E-state index contributed by atoms with van der Waals surface area (Å²) in [6, 6.07) is 5.87. The molecule has 3 heteroatoms. The van der Waals surface area contributed by atoms with Crippen LogP contribution < -0.4 is 0 Å². The predicted octanol–water partition coefficient (Wildman–Crippen LogP) is 0.732. The second-order valence-corrected chi connectivity index (χ2v) is 3.46. The quantitative estimate of drug-likeness (QED) is 0.743. The largest absolute Gasteiger partial charge is 0.396 e. The number of hydrogen-bond acceptors (Lipinski definition) is 3. The van der Waals surface area contributed by atoms with Gasteiger partial charge in [0.15, 0.2) is 0 Å². The summed E-state index contributed by atoms with van der Waals surface area (Å²) in [5, 5.41) is 8.94. The minimum absolute atomic E-state index is 0.0178. The van der Waals surface area contributed by atoms with E-state index < -0.39 is 0 Å². The standard InChI is InChI=1S/C10H13NO2/c12-6-4-10(7-13-8-10)9-3-1-2-5-11-9/h1-3,5,12H,4,6-8H2. The molecule has 1 aromatic rings. The van der Waals surface area contributed by atoms with Gasteiger partial charge in [-0.25, -0.2) is 0 Å². The number of ether oxygens (including phenoxy) is 1. The van der Waals surface area contributed by atoms with Crippen molar-refractivity contribution in [3.8, 4) is 0 Å². The molecule has 1 fully saturated rings. The van der Waals surface area contributed by atoms with Gasteiger partial charge in [0.1, 0.15) is 0 Å². The van der Waals surface area contributed by atoms with Gasteiger partial charge in [-0.3, -0.25) is 4.98 Å². The van der Waals surface area contributed by atoms with Crippen LogP contribution in [0.25, 0.3) is 0 Å². The molecular formula is C10H13NO2. The summed E-state index contributed by atoms with van der Waals surface area (Å²) in [7, 11) is 0. The third-order valence-electron chi connectivity index (χ3n) is 2.56. The Kier molecular flexibility index (Phi) is 2.29. The third kappa shape index (κ3) is 1.45. The first kappa shape index (κ1) is 8.66. The molecule has 1 saturated heterocycles. The van der Waals surface area contributed by atoms with E-state index in [9.17, 15) is 0 Å². The molecule has 1 N–H and O–H groups in total. The average Bonchev–Trinajstić information content (AvgIpc) is 2.13. The molecule has 0 radical (unpaired) electrons. The lowest BCUT2D eigenvalue weighted by molar-refractivity contribution is -0.0721. The first-order valence-electron chi connectivity index (χ1n) is 4.47. The van der Waals surface area contributed by atoms with Crippen LogP contribution in [0.15, 0.2) is 24.4 Å². The monoisotopic (exact) mass is 179 g/mol. The van der Waals surface area contributed by atoms with Crippen molar-refractivity contribution in [2.24, 2.45) is 0 Å². The van der Waals surface area contributed by atoms with Gasteiger partial charge >= 0.3 is 0 Å². The first-order valence-corrected chi connectivity index (χ1v) is 4.47. The van der Waals surface area contributed by atoms with Crippen LogP contribution in [0.2, 0.25) is 0 Å². The minimum atomic E-state index is -0.0178. The zero-order valence-electron chi connectivity index (χ0n) is 7.44. The van der Waals surface area contributed by atoms with Crippen LogP contribution in [0, 0.1) is 0 Å². The normalized spacial score (nSPS) is 19.5. The van der Waals surface area contributed by atoms with Crippen molar-refractivity contribution >= 4 is 0 Å². The Morgan fingerprint density at radius 3 is 2.77 bits per heavy atom. The summed E-state index contributed by atoms with van der Waals surface area (Å²) in [6.07, 6.45) is 2.52. The van der Waals surface area contributed by atoms with Gasteiger partial charge in [-0.15, -0.1) is 0 Å². The summed E-state index contributed by atoms with van der Waals surface area (Å²) >= 11 is 0. The number of hydrogen-bond donors (Lipinski definition) is 1. The van der Waals surface area contributed by atoms with Crippen molar-refractivity contribution in [3.05, 3.63) is 30.1 Å². The molecule has 0 atom stereocenters. The van der Waals surface area contributed by atoms with Gasteiger partial charge in [0.05, 0.1) is 24.3 Å². The Labute approximate surface area is 77.4 Å². The number of aliphatic hydroxyl groups is 1. The van der Waals surface area contributed by atoms with Gasteiger partial charge in [0.25, 0.3) is 0 Å². The summed E-state index contributed by atoms with van der Waals surface area (Å²) in [4.78, 5) is 4.30. The van der Waals surface area contributed by atoms with Crippen LogP contribution in [0.1, 0.15) is 12.1 Å². The number of aliphatic hydroxyl groups excluding tert-OH is 1. The van der Waals surface area contributed by atoms with E-state index in [1.165, 1.54) is 0 Å². The van der Waals surface area contributed by atoms with Gasteiger partial charge in [-0.05, 0) is 18.6 Å². The van der Waals surface area contributed by atoms with Crippen LogP contribution in [0.3, 0.4) is 0 Å². The highest BCUT2D eigenvalue weighted by atomic mass is 16.5. The van der Waals surface area contributed by atoms with Gasteiger partial charge in [-0.2, -0.15) is 0 Å². The smallest absolute Gasteiger partial charge is 0.0614 e. The molecule has 1 aliphatic rings. The van der Waals surface area contributed by atoms with Gasteiger partial charge in [0, 0.05) is 12.8 Å². The van der Waals surface area contributed by atoms with Crippen molar-refractivity contribution in [2.75, 3.05) is 19.8 Å². The highest BCUT2D eigenvalue weighted by molar-refractivity contribution is 5.20. The fourth-order valence-corrected chi connectivity index (χ4v) is 1.66. The molecule has 13 heavy (non-hydrogen) atoms. The molecule has 0 spiro atoms. The fraction of sp³-hybridized carbons (Fsp3) is 0.500. The molecule has 0 bridgehead atoms. The Balaban J connectivity index is 2.22. The molecule has 1 aliphatic heterocycles. The molecule has 0 aliphatic carbocycles. The maximum absolute atomic E-state index is 8.94. The summed E-state index contributed by atoms with van der Waals surface area (Å²) in [5.41, 5.74) is 1.02. The number of aromatic nitrogens is 1. The molecule has 0 unspecified atom stereocenters. The minimum Gasteiger partial charge on any atom is -0.396 e. The van der Waals surface area contributed by atoms with E-state index >= 15 is 0 Å². The Morgan fingerprint density at radius 2 is 2.31 bits per heavy atom. The van der Waals surface area contributed by atoms with Gasteiger partial charge in [0.2, 0.25) is 0 Å². The molecule has 2 rings (SSSR count). The van der Waals surface area contributed by atoms with Crippen LogP contribution in [-0.2, 0) is 10.2 Å². The van der Waals surface area contributed by atoms with Gasteiger partial charge < -0.3 is 9.84 Å². The molecule has 1 aromatic heterocycles. The van der Waals surface area contributed by atoms with Crippen LogP contribution >= 0.6 is 0 Å². The molecule has 0 saturated carbocycles. The number of nitrogens with zero attached hydrogens (tertiary/aromatic N) is 1. The van der Waals surface area contributed by atoms with Crippen molar-refractivity contribution in [1.29, 1.82) is 0 Å². The average molecular weight is 179 g/mol. The Hall–Kier alpha value is -0.930. The van der Waals surface area contributed by atoms with Crippen molar-refractivity contribution in [3.63, 3.8) is 0 Å². The summed E-state index contributed by atoms with van der Waals surface area (Å²) in [6.45, 7) is 1.56. The topological polar surface area (TPSA) is 42.4 Å². The van der Waals surface area contributed by atoms with Gasteiger partial charge in [-0.1, -0.05) is 6.07 Å². The molecule has 0 aromatic carbocycles. The highest BCUT2D eigenvalue weighted by Gasteiger charge is 2.40.